The summed E-state index contributed by atoms with van der Waals surface area (Å²) >= 11 is 1.50. The zero-order chi connectivity index (χ0) is 19.0. The van der Waals surface area contributed by atoms with Gasteiger partial charge in [-0.25, -0.2) is 18.9 Å². The van der Waals surface area contributed by atoms with E-state index in [0.717, 1.165) is 21.1 Å². The van der Waals surface area contributed by atoms with Crippen LogP contribution in [0.3, 0.4) is 0 Å². The summed E-state index contributed by atoms with van der Waals surface area (Å²) in [6.07, 6.45) is 0.679. The lowest BCUT2D eigenvalue weighted by Gasteiger charge is -2.01. The Labute approximate surface area is 158 Å². The summed E-state index contributed by atoms with van der Waals surface area (Å²) in [4.78, 5) is 25.2. The van der Waals surface area contributed by atoms with Crippen molar-refractivity contribution in [1.29, 1.82) is 0 Å². The maximum atomic E-state index is 13.2. The van der Waals surface area contributed by atoms with Crippen molar-refractivity contribution in [3.05, 3.63) is 52.3 Å². The SMILES string of the molecule is Cc1cc(C)n2nc(CC(=O)NCCc3nc4cc(F)ccc4s3)nc2n1. The predicted octanol–water partition coefficient (Wildman–Crippen LogP) is 2.39. The number of aromatic nitrogens is 5. The van der Waals surface area contributed by atoms with Crippen LogP contribution in [-0.2, 0) is 17.6 Å². The topological polar surface area (TPSA) is 85.1 Å². The summed E-state index contributed by atoms with van der Waals surface area (Å²) in [7, 11) is 0. The fourth-order valence-electron chi connectivity index (χ4n) is 2.85. The van der Waals surface area contributed by atoms with Crippen LogP contribution < -0.4 is 5.32 Å². The Bertz CT molecular complexity index is 1150. The van der Waals surface area contributed by atoms with Crippen molar-refractivity contribution in [3.8, 4) is 0 Å². The third-order valence-corrected chi connectivity index (χ3v) is 5.13. The summed E-state index contributed by atoms with van der Waals surface area (Å²) in [6, 6.07) is 6.47. The lowest BCUT2D eigenvalue weighted by molar-refractivity contribution is -0.120. The fourth-order valence-corrected chi connectivity index (χ4v) is 3.80. The molecular weight excluding hydrogens is 367 g/mol. The molecule has 0 fully saturated rings. The highest BCUT2D eigenvalue weighted by Gasteiger charge is 2.12. The zero-order valence-electron chi connectivity index (χ0n) is 14.9. The molecule has 7 nitrogen and oxygen atoms in total. The van der Waals surface area contributed by atoms with Gasteiger partial charge in [0.25, 0.3) is 5.78 Å². The zero-order valence-corrected chi connectivity index (χ0v) is 15.7. The van der Waals surface area contributed by atoms with Gasteiger partial charge in [-0.3, -0.25) is 4.79 Å². The Hall–Kier alpha value is -2.94. The normalized spacial score (nSPS) is 11.4. The Morgan fingerprint density at radius 1 is 1.22 bits per heavy atom. The molecule has 3 aromatic heterocycles. The number of rotatable bonds is 5. The van der Waals surface area contributed by atoms with Crippen LogP contribution in [0.25, 0.3) is 16.0 Å². The standard InChI is InChI=1S/C18H17FN6OS/c1-10-7-11(2)25-18(21-10)23-15(24-25)9-16(26)20-6-5-17-22-13-8-12(19)3-4-14(13)27-17/h3-4,7-8H,5-6,9H2,1-2H3,(H,20,26). The van der Waals surface area contributed by atoms with Crippen LogP contribution in [0.4, 0.5) is 4.39 Å². The molecule has 1 aromatic carbocycles. The first-order chi connectivity index (χ1) is 13.0. The number of fused-ring (bicyclic) bond motifs is 2. The number of carbonyl (C=O) groups excluding carboxylic acids is 1. The Kier molecular flexibility index (Phi) is 4.53. The van der Waals surface area contributed by atoms with Crippen molar-refractivity contribution in [1.82, 2.24) is 29.9 Å². The molecule has 138 valence electrons. The largest absolute Gasteiger partial charge is 0.355 e. The average molecular weight is 384 g/mol. The van der Waals surface area contributed by atoms with E-state index in [1.54, 1.807) is 10.6 Å². The molecule has 4 rings (SSSR count). The van der Waals surface area contributed by atoms with Crippen molar-refractivity contribution >= 4 is 33.2 Å². The summed E-state index contributed by atoms with van der Waals surface area (Å²) in [5.41, 5.74) is 2.43. The Morgan fingerprint density at radius 2 is 2.07 bits per heavy atom. The molecule has 1 amide bonds. The summed E-state index contributed by atoms with van der Waals surface area (Å²) in [5.74, 6) is 0.473. The van der Waals surface area contributed by atoms with E-state index in [0.29, 0.717) is 30.1 Å². The molecule has 0 bridgehead atoms. The molecule has 0 atom stereocenters. The average Bonchev–Trinajstić information content (AvgIpc) is 3.17. The van der Waals surface area contributed by atoms with Gasteiger partial charge in [0.15, 0.2) is 5.82 Å². The number of nitrogens with one attached hydrogen (secondary N) is 1. The number of thiazole rings is 1. The Morgan fingerprint density at radius 3 is 2.93 bits per heavy atom. The van der Waals surface area contributed by atoms with Crippen molar-refractivity contribution in [2.75, 3.05) is 6.54 Å². The number of hydrogen-bond acceptors (Lipinski definition) is 6. The number of halogens is 1. The number of aryl methyl sites for hydroxylation is 2. The highest BCUT2D eigenvalue weighted by Crippen LogP contribution is 2.22. The summed E-state index contributed by atoms with van der Waals surface area (Å²) in [6.45, 7) is 4.26. The highest BCUT2D eigenvalue weighted by molar-refractivity contribution is 7.18. The van der Waals surface area contributed by atoms with Crippen LogP contribution in [0, 0.1) is 19.7 Å². The van der Waals surface area contributed by atoms with Crippen LogP contribution >= 0.6 is 11.3 Å². The number of amides is 1. The van der Waals surface area contributed by atoms with Gasteiger partial charge in [-0.1, -0.05) is 0 Å². The van der Waals surface area contributed by atoms with E-state index in [2.05, 4.69) is 25.4 Å². The van der Waals surface area contributed by atoms with E-state index in [4.69, 9.17) is 0 Å². The van der Waals surface area contributed by atoms with Crippen molar-refractivity contribution in [2.45, 2.75) is 26.7 Å². The van der Waals surface area contributed by atoms with Gasteiger partial charge in [0.1, 0.15) is 5.82 Å². The third kappa shape index (κ3) is 3.77. The van der Waals surface area contributed by atoms with Crippen molar-refractivity contribution < 1.29 is 9.18 Å². The smallest absolute Gasteiger partial charge is 0.252 e. The second kappa shape index (κ2) is 6.99. The molecule has 0 unspecified atom stereocenters. The van der Waals surface area contributed by atoms with Gasteiger partial charge in [-0.2, -0.15) is 4.98 Å². The van der Waals surface area contributed by atoms with Crippen LogP contribution in [0.1, 0.15) is 22.2 Å². The predicted molar refractivity (Wildman–Crippen MR) is 100 cm³/mol. The summed E-state index contributed by atoms with van der Waals surface area (Å²) < 4.78 is 15.8. The molecule has 0 aliphatic rings. The molecule has 27 heavy (non-hydrogen) atoms. The molecule has 4 aromatic rings. The van der Waals surface area contributed by atoms with Gasteiger partial charge in [0.05, 0.1) is 21.6 Å². The molecule has 0 spiro atoms. The first kappa shape index (κ1) is 17.5. The van der Waals surface area contributed by atoms with E-state index in [9.17, 15) is 9.18 Å². The molecule has 0 aliphatic heterocycles. The molecule has 0 aliphatic carbocycles. The quantitative estimate of drug-likeness (QED) is 0.571. The first-order valence-corrected chi connectivity index (χ1v) is 9.31. The molecule has 3 heterocycles. The molecule has 9 heteroatoms. The molecular formula is C18H17FN6OS. The van der Waals surface area contributed by atoms with Crippen molar-refractivity contribution in [2.24, 2.45) is 0 Å². The van der Waals surface area contributed by atoms with Crippen LogP contribution in [0.2, 0.25) is 0 Å². The molecule has 0 radical (unpaired) electrons. The van der Waals surface area contributed by atoms with Crippen LogP contribution in [0.5, 0.6) is 0 Å². The van der Waals surface area contributed by atoms with Crippen molar-refractivity contribution in [3.63, 3.8) is 0 Å². The summed E-state index contributed by atoms with van der Waals surface area (Å²) in [5, 5.41) is 8.04. The van der Waals surface area contributed by atoms with E-state index in [-0.39, 0.29) is 18.1 Å². The maximum Gasteiger partial charge on any atom is 0.252 e. The van der Waals surface area contributed by atoms with E-state index in [1.165, 1.54) is 23.5 Å². The van der Waals surface area contributed by atoms with Crippen LogP contribution in [0.15, 0.2) is 24.3 Å². The first-order valence-electron chi connectivity index (χ1n) is 8.49. The maximum absolute atomic E-state index is 13.2. The second-order valence-corrected chi connectivity index (χ2v) is 7.39. The molecule has 0 saturated heterocycles. The van der Waals surface area contributed by atoms with E-state index < -0.39 is 0 Å². The Balaban J connectivity index is 1.36. The minimum Gasteiger partial charge on any atom is -0.355 e. The highest BCUT2D eigenvalue weighted by atomic mass is 32.1. The number of nitrogens with zero attached hydrogens (tertiary/aromatic N) is 5. The van der Waals surface area contributed by atoms with Gasteiger partial charge < -0.3 is 5.32 Å². The van der Waals surface area contributed by atoms with Crippen LogP contribution in [-0.4, -0.2) is 37.0 Å². The van der Waals surface area contributed by atoms with Gasteiger partial charge in [-0.15, -0.1) is 16.4 Å². The monoisotopic (exact) mass is 384 g/mol. The van der Waals surface area contributed by atoms with Gasteiger partial charge in [0.2, 0.25) is 5.91 Å². The minimum atomic E-state index is -0.299. The fraction of sp³-hybridized carbons (Fsp3) is 0.278. The lowest BCUT2D eigenvalue weighted by Crippen LogP contribution is -2.27. The van der Waals surface area contributed by atoms with Gasteiger partial charge in [-0.05, 0) is 32.0 Å². The third-order valence-electron chi connectivity index (χ3n) is 4.04. The molecule has 0 saturated carbocycles. The molecule has 1 N–H and O–H groups in total. The number of benzene rings is 1. The minimum absolute atomic E-state index is 0.0902. The second-order valence-electron chi connectivity index (χ2n) is 6.28. The van der Waals surface area contributed by atoms with Gasteiger partial charge in [0, 0.05) is 30.4 Å². The van der Waals surface area contributed by atoms with E-state index >= 15 is 0 Å². The number of hydrogen-bond donors (Lipinski definition) is 1. The lowest BCUT2D eigenvalue weighted by atomic mass is 10.3. The van der Waals surface area contributed by atoms with Gasteiger partial charge >= 0.3 is 0 Å². The van der Waals surface area contributed by atoms with E-state index in [1.807, 2.05) is 19.9 Å². The number of carbonyl (C=O) groups is 1.